The zero-order valence-electron chi connectivity index (χ0n) is 12.8. The maximum Gasteiger partial charge on any atom is 0.261 e. The largest absolute Gasteiger partial charge is 0.338 e. The third-order valence-electron chi connectivity index (χ3n) is 4.27. The van der Waals surface area contributed by atoms with E-state index in [0.29, 0.717) is 20.9 Å². The molecular formula is C16H17Cl2N3O2. The molecule has 1 aromatic carbocycles. The van der Waals surface area contributed by atoms with Gasteiger partial charge in [0.1, 0.15) is 6.54 Å². The van der Waals surface area contributed by atoms with Crippen LogP contribution in [0.3, 0.4) is 0 Å². The highest BCUT2D eigenvalue weighted by Crippen LogP contribution is 2.24. The summed E-state index contributed by atoms with van der Waals surface area (Å²) < 4.78 is 1.32. The van der Waals surface area contributed by atoms with Crippen LogP contribution in [-0.4, -0.2) is 32.9 Å². The SMILES string of the molecule is CC1CCCCN1C(=O)Cn1cnc2c(Cl)cc(Cl)cc2c1=O. The summed E-state index contributed by atoms with van der Waals surface area (Å²) in [6.07, 6.45) is 4.52. The van der Waals surface area contributed by atoms with E-state index in [1.807, 2.05) is 11.8 Å². The molecule has 0 radical (unpaired) electrons. The van der Waals surface area contributed by atoms with Gasteiger partial charge in [-0.05, 0) is 38.3 Å². The van der Waals surface area contributed by atoms with Gasteiger partial charge in [0, 0.05) is 17.6 Å². The van der Waals surface area contributed by atoms with Crippen molar-refractivity contribution in [3.8, 4) is 0 Å². The maximum absolute atomic E-state index is 12.6. The molecule has 2 heterocycles. The minimum absolute atomic E-state index is 0.0176. The Kier molecular flexibility index (Phi) is 4.60. The first kappa shape index (κ1) is 16.3. The fraction of sp³-hybridized carbons (Fsp3) is 0.438. The number of fused-ring (bicyclic) bond motifs is 1. The van der Waals surface area contributed by atoms with E-state index in [1.54, 1.807) is 6.07 Å². The lowest BCUT2D eigenvalue weighted by atomic mass is 10.0. The van der Waals surface area contributed by atoms with Gasteiger partial charge in [0.15, 0.2) is 0 Å². The molecule has 7 heteroatoms. The number of carbonyl (C=O) groups excluding carboxylic acids is 1. The molecule has 0 bridgehead atoms. The van der Waals surface area contributed by atoms with Crippen LogP contribution in [0.2, 0.25) is 10.0 Å². The number of aromatic nitrogens is 2. The molecule has 5 nitrogen and oxygen atoms in total. The summed E-state index contributed by atoms with van der Waals surface area (Å²) in [5, 5.41) is 1.02. The van der Waals surface area contributed by atoms with E-state index in [0.717, 1.165) is 25.8 Å². The maximum atomic E-state index is 12.6. The number of hydrogen-bond donors (Lipinski definition) is 0. The van der Waals surface area contributed by atoms with Crippen LogP contribution in [0, 0.1) is 0 Å². The van der Waals surface area contributed by atoms with Crippen LogP contribution in [0.1, 0.15) is 26.2 Å². The van der Waals surface area contributed by atoms with Gasteiger partial charge in [0.2, 0.25) is 5.91 Å². The van der Waals surface area contributed by atoms with Crippen LogP contribution in [0.4, 0.5) is 0 Å². The predicted octanol–water partition coefficient (Wildman–Crippen LogP) is 3.10. The van der Waals surface area contributed by atoms with E-state index in [9.17, 15) is 9.59 Å². The topological polar surface area (TPSA) is 55.2 Å². The zero-order chi connectivity index (χ0) is 16.6. The zero-order valence-corrected chi connectivity index (χ0v) is 14.3. The summed E-state index contributed by atoms with van der Waals surface area (Å²) in [5.74, 6) is -0.0615. The fourth-order valence-electron chi connectivity index (χ4n) is 3.01. The van der Waals surface area contributed by atoms with E-state index in [1.165, 1.54) is 17.0 Å². The minimum Gasteiger partial charge on any atom is -0.338 e. The first-order valence-corrected chi connectivity index (χ1v) is 8.36. The molecule has 1 amide bonds. The molecule has 1 fully saturated rings. The number of rotatable bonds is 2. The number of amides is 1. The second-order valence-corrected chi connectivity index (χ2v) is 6.74. The minimum atomic E-state index is -0.308. The molecular weight excluding hydrogens is 337 g/mol. The Hall–Kier alpha value is -1.59. The van der Waals surface area contributed by atoms with Crippen LogP contribution < -0.4 is 5.56 Å². The van der Waals surface area contributed by atoms with Gasteiger partial charge in [0.25, 0.3) is 5.56 Å². The first-order valence-electron chi connectivity index (χ1n) is 7.61. The first-order chi connectivity index (χ1) is 11.0. The summed E-state index contributed by atoms with van der Waals surface area (Å²) in [7, 11) is 0. The number of carbonyl (C=O) groups is 1. The molecule has 23 heavy (non-hydrogen) atoms. The smallest absolute Gasteiger partial charge is 0.261 e. The van der Waals surface area contributed by atoms with Crippen LogP contribution in [0.15, 0.2) is 23.3 Å². The van der Waals surface area contributed by atoms with Crippen molar-refractivity contribution in [1.29, 1.82) is 0 Å². The molecule has 1 aliphatic rings. The van der Waals surface area contributed by atoms with Crippen LogP contribution >= 0.6 is 23.2 Å². The number of nitrogens with zero attached hydrogens (tertiary/aromatic N) is 3. The van der Waals surface area contributed by atoms with E-state index in [2.05, 4.69) is 4.98 Å². The molecule has 1 aliphatic heterocycles. The summed E-state index contributed by atoms with van der Waals surface area (Å²) in [4.78, 5) is 31.1. The highest BCUT2D eigenvalue weighted by molar-refractivity contribution is 6.38. The summed E-state index contributed by atoms with van der Waals surface area (Å²) in [5.41, 5.74) is 0.0912. The van der Waals surface area contributed by atoms with Crippen molar-refractivity contribution in [1.82, 2.24) is 14.5 Å². The second kappa shape index (κ2) is 6.49. The van der Waals surface area contributed by atoms with Crippen LogP contribution in [0.25, 0.3) is 10.9 Å². The van der Waals surface area contributed by atoms with Crippen molar-refractivity contribution >= 4 is 40.0 Å². The van der Waals surface area contributed by atoms with Gasteiger partial charge in [-0.2, -0.15) is 0 Å². The standard InChI is InChI=1S/C16H17Cl2N3O2/c1-10-4-2-3-5-21(10)14(22)8-20-9-19-15-12(16(20)23)6-11(17)7-13(15)18/h6-7,9-10H,2-5,8H2,1H3. The van der Waals surface area contributed by atoms with Crippen molar-refractivity contribution in [2.24, 2.45) is 0 Å². The Balaban J connectivity index is 1.93. The van der Waals surface area contributed by atoms with Crippen molar-refractivity contribution in [3.05, 3.63) is 38.9 Å². The van der Waals surface area contributed by atoms with Crippen molar-refractivity contribution in [3.63, 3.8) is 0 Å². The summed E-state index contributed by atoms with van der Waals surface area (Å²) >= 11 is 12.0. The van der Waals surface area contributed by atoms with Gasteiger partial charge in [-0.3, -0.25) is 14.2 Å². The Morgan fingerprint density at radius 3 is 2.87 bits per heavy atom. The predicted molar refractivity (Wildman–Crippen MR) is 91.0 cm³/mol. The Bertz CT molecular complexity index is 819. The van der Waals surface area contributed by atoms with Gasteiger partial charge >= 0.3 is 0 Å². The Morgan fingerprint density at radius 1 is 1.35 bits per heavy atom. The average molecular weight is 354 g/mol. The number of likely N-dealkylation sites (tertiary alicyclic amines) is 1. The monoisotopic (exact) mass is 353 g/mol. The van der Waals surface area contributed by atoms with Crippen LogP contribution in [-0.2, 0) is 11.3 Å². The normalized spacial score (nSPS) is 18.4. The molecule has 1 atom stereocenters. The van der Waals surface area contributed by atoms with Gasteiger partial charge in [0.05, 0.1) is 22.3 Å². The lowest BCUT2D eigenvalue weighted by Crippen LogP contribution is -2.44. The average Bonchev–Trinajstić information content (AvgIpc) is 2.51. The summed E-state index contributed by atoms with van der Waals surface area (Å²) in [6.45, 7) is 2.77. The summed E-state index contributed by atoms with van der Waals surface area (Å²) in [6, 6.07) is 3.29. The molecule has 122 valence electrons. The fourth-order valence-corrected chi connectivity index (χ4v) is 3.55. The number of benzene rings is 1. The van der Waals surface area contributed by atoms with E-state index in [4.69, 9.17) is 23.2 Å². The van der Waals surface area contributed by atoms with E-state index >= 15 is 0 Å². The molecule has 0 aliphatic carbocycles. The third kappa shape index (κ3) is 3.21. The molecule has 1 unspecified atom stereocenters. The Morgan fingerprint density at radius 2 is 2.13 bits per heavy atom. The molecule has 1 saturated heterocycles. The molecule has 0 spiro atoms. The molecule has 3 rings (SSSR count). The van der Waals surface area contributed by atoms with Gasteiger partial charge in [-0.1, -0.05) is 23.2 Å². The molecule has 2 aromatic rings. The molecule has 0 saturated carbocycles. The van der Waals surface area contributed by atoms with Crippen molar-refractivity contribution < 1.29 is 4.79 Å². The van der Waals surface area contributed by atoms with E-state index in [-0.39, 0.29) is 24.1 Å². The van der Waals surface area contributed by atoms with Gasteiger partial charge < -0.3 is 4.90 Å². The lowest BCUT2D eigenvalue weighted by molar-refractivity contribution is -0.135. The highest BCUT2D eigenvalue weighted by Gasteiger charge is 2.23. The third-order valence-corrected chi connectivity index (χ3v) is 4.78. The number of hydrogen-bond acceptors (Lipinski definition) is 3. The van der Waals surface area contributed by atoms with E-state index < -0.39 is 0 Å². The Labute approximate surface area is 143 Å². The number of piperidine rings is 1. The number of halogens is 2. The van der Waals surface area contributed by atoms with Gasteiger partial charge in [-0.15, -0.1) is 0 Å². The quantitative estimate of drug-likeness (QED) is 0.833. The van der Waals surface area contributed by atoms with Crippen LogP contribution in [0.5, 0.6) is 0 Å². The molecule has 1 aromatic heterocycles. The van der Waals surface area contributed by atoms with Crippen molar-refractivity contribution in [2.45, 2.75) is 38.8 Å². The highest BCUT2D eigenvalue weighted by atomic mass is 35.5. The van der Waals surface area contributed by atoms with Crippen molar-refractivity contribution in [2.75, 3.05) is 6.54 Å². The lowest BCUT2D eigenvalue weighted by Gasteiger charge is -2.33. The molecule has 0 N–H and O–H groups in total. The van der Waals surface area contributed by atoms with Gasteiger partial charge in [-0.25, -0.2) is 4.98 Å². The second-order valence-electron chi connectivity index (χ2n) is 5.89.